The zero-order valence-corrected chi connectivity index (χ0v) is 13.4. The second-order valence-corrected chi connectivity index (χ2v) is 5.98. The van der Waals surface area contributed by atoms with Crippen molar-refractivity contribution in [2.45, 2.75) is 17.8 Å². The third kappa shape index (κ3) is 2.90. The molecule has 0 bridgehead atoms. The number of hydrogen-bond acceptors (Lipinski definition) is 5. The van der Waals surface area contributed by atoms with E-state index in [-0.39, 0.29) is 0 Å². The van der Waals surface area contributed by atoms with Crippen molar-refractivity contribution in [1.82, 2.24) is 15.0 Å². The maximum atomic E-state index is 5.72. The minimum atomic E-state index is 0.632. The third-order valence-corrected chi connectivity index (χ3v) is 4.27. The van der Waals surface area contributed by atoms with E-state index in [1.807, 2.05) is 49.4 Å². The van der Waals surface area contributed by atoms with Crippen LogP contribution in [-0.4, -0.2) is 21.6 Å². The first-order valence-corrected chi connectivity index (χ1v) is 8.40. The van der Waals surface area contributed by atoms with Crippen LogP contribution in [0, 0.1) is 0 Å². The van der Waals surface area contributed by atoms with Crippen LogP contribution in [0.15, 0.2) is 52.0 Å². The molecule has 0 aliphatic heterocycles. The number of hydrogen-bond donors (Lipinski definition) is 1. The van der Waals surface area contributed by atoms with Gasteiger partial charge in [-0.3, -0.25) is 0 Å². The highest BCUT2D eigenvalue weighted by atomic mass is 32.2. The van der Waals surface area contributed by atoms with Crippen molar-refractivity contribution in [3.63, 3.8) is 0 Å². The Morgan fingerprint density at radius 1 is 1.13 bits per heavy atom. The standard InChI is InChI=1S/C17H15N3O2S/c1-2-21-11-7-8-12-14(9-11)20-17(19-12)23-10-16-18-13-5-3-4-6-15(13)22-16/h3-9H,2,10H2,1H3,(H,19,20). The van der Waals surface area contributed by atoms with E-state index in [0.29, 0.717) is 18.3 Å². The molecule has 0 atom stereocenters. The summed E-state index contributed by atoms with van der Waals surface area (Å²) >= 11 is 1.57. The lowest BCUT2D eigenvalue weighted by Gasteiger charge is -2.00. The number of H-pyrrole nitrogens is 1. The number of nitrogens with zero attached hydrogens (tertiary/aromatic N) is 2. The average Bonchev–Trinajstić information content (AvgIpc) is 3.15. The summed E-state index contributed by atoms with van der Waals surface area (Å²) in [7, 11) is 0. The maximum Gasteiger partial charge on any atom is 0.205 e. The van der Waals surface area contributed by atoms with Crippen molar-refractivity contribution in [3.05, 3.63) is 48.4 Å². The van der Waals surface area contributed by atoms with E-state index < -0.39 is 0 Å². The summed E-state index contributed by atoms with van der Waals surface area (Å²) in [4.78, 5) is 12.3. The van der Waals surface area contributed by atoms with Gasteiger partial charge in [0.2, 0.25) is 5.89 Å². The van der Waals surface area contributed by atoms with Gasteiger partial charge in [0.05, 0.1) is 23.4 Å². The molecule has 4 rings (SSSR count). The molecule has 0 radical (unpaired) electrons. The van der Waals surface area contributed by atoms with Crippen LogP contribution < -0.4 is 4.74 Å². The molecule has 2 aromatic carbocycles. The highest BCUT2D eigenvalue weighted by molar-refractivity contribution is 7.98. The number of rotatable bonds is 5. The Bertz CT molecular complexity index is 928. The molecule has 6 heteroatoms. The smallest absolute Gasteiger partial charge is 0.205 e. The SMILES string of the molecule is CCOc1ccc2nc(SCc3nc4ccccc4o3)[nH]c2c1. The van der Waals surface area contributed by atoms with Gasteiger partial charge in [0.1, 0.15) is 11.3 Å². The topological polar surface area (TPSA) is 63.9 Å². The van der Waals surface area contributed by atoms with E-state index in [2.05, 4.69) is 15.0 Å². The van der Waals surface area contributed by atoms with E-state index in [1.165, 1.54) is 0 Å². The molecular weight excluding hydrogens is 310 g/mol. The molecule has 1 N–H and O–H groups in total. The first kappa shape index (κ1) is 14.1. The van der Waals surface area contributed by atoms with Gasteiger partial charge in [-0.25, -0.2) is 9.97 Å². The predicted molar refractivity (Wildman–Crippen MR) is 90.8 cm³/mol. The Balaban J connectivity index is 1.52. The summed E-state index contributed by atoms with van der Waals surface area (Å²) in [5.74, 6) is 2.18. The van der Waals surface area contributed by atoms with Gasteiger partial charge in [-0.15, -0.1) is 0 Å². The summed E-state index contributed by atoms with van der Waals surface area (Å²) in [6.07, 6.45) is 0. The number of fused-ring (bicyclic) bond motifs is 2. The van der Waals surface area contributed by atoms with Crippen molar-refractivity contribution in [2.24, 2.45) is 0 Å². The minimum absolute atomic E-state index is 0.632. The number of imidazole rings is 1. The van der Waals surface area contributed by atoms with E-state index in [9.17, 15) is 0 Å². The van der Waals surface area contributed by atoms with Crippen LogP contribution in [0.1, 0.15) is 12.8 Å². The van der Waals surface area contributed by atoms with Crippen LogP contribution in [0.4, 0.5) is 0 Å². The van der Waals surface area contributed by atoms with Gasteiger partial charge < -0.3 is 14.1 Å². The lowest BCUT2D eigenvalue weighted by molar-refractivity contribution is 0.340. The molecule has 0 fully saturated rings. The molecule has 5 nitrogen and oxygen atoms in total. The second-order valence-electron chi connectivity index (χ2n) is 5.02. The van der Waals surface area contributed by atoms with Crippen molar-refractivity contribution in [2.75, 3.05) is 6.61 Å². The van der Waals surface area contributed by atoms with Crippen LogP contribution in [-0.2, 0) is 5.75 Å². The van der Waals surface area contributed by atoms with Gasteiger partial charge in [0.25, 0.3) is 0 Å². The van der Waals surface area contributed by atoms with Crippen molar-refractivity contribution >= 4 is 33.9 Å². The summed E-state index contributed by atoms with van der Waals surface area (Å²) in [5.41, 5.74) is 3.59. The summed E-state index contributed by atoms with van der Waals surface area (Å²) in [6, 6.07) is 13.6. The molecule has 2 heterocycles. The van der Waals surface area contributed by atoms with Crippen molar-refractivity contribution < 1.29 is 9.15 Å². The van der Waals surface area contributed by atoms with E-state index in [1.54, 1.807) is 11.8 Å². The summed E-state index contributed by atoms with van der Waals surface area (Å²) in [6.45, 7) is 2.62. The molecule has 0 saturated carbocycles. The normalized spacial score (nSPS) is 11.3. The van der Waals surface area contributed by atoms with Crippen LogP contribution in [0.3, 0.4) is 0 Å². The van der Waals surface area contributed by atoms with Gasteiger partial charge >= 0.3 is 0 Å². The number of aromatic amines is 1. The summed E-state index contributed by atoms with van der Waals surface area (Å²) < 4.78 is 11.2. The number of para-hydroxylation sites is 2. The fourth-order valence-electron chi connectivity index (χ4n) is 2.40. The van der Waals surface area contributed by atoms with Crippen LogP contribution in [0.5, 0.6) is 5.75 Å². The van der Waals surface area contributed by atoms with E-state index in [0.717, 1.165) is 33.0 Å². The molecule has 0 aliphatic rings. The van der Waals surface area contributed by atoms with Gasteiger partial charge in [0.15, 0.2) is 10.7 Å². The molecule has 0 saturated heterocycles. The monoisotopic (exact) mass is 325 g/mol. The number of benzene rings is 2. The molecule has 0 amide bonds. The lowest BCUT2D eigenvalue weighted by Crippen LogP contribution is -1.90. The minimum Gasteiger partial charge on any atom is -0.494 e. The Hall–Kier alpha value is -2.47. The number of nitrogens with one attached hydrogen (secondary N) is 1. The first-order valence-electron chi connectivity index (χ1n) is 7.41. The molecule has 4 aromatic rings. The largest absolute Gasteiger partial charge is 0.494 e. The number of thioether (sulfide) groups is 1. The van der Waals surface area contributed by atoms with Gasteiger partial charge in [-0.2, -0.15) is 0 Å². The number of aromatic nitrogens is 3. The Morgan fingerprint density at radius 2 is 2.04 bits per heavy atom. The molecular formula is C17H15N3O2S. The van der Waals surface area contributed by atoms with Gasteiger partial charge in [-0.1, -0.05) is 23.9 Å². The Morgan fingerprint density at radius 3 is 2.91 bits per heavy atom. The van der Waals surface area contributed by atoms with Crippen LogP contribution in [0.2, 0.25) is 0 Å². The maximum absolute atomic E-state index is 5.72. The quantitative estimate of drug-likeness (QED) is 0.551. The average molecular weight is 325 g/mol. The predicted octanol–water partition coefficient (Wildman–Crippen LogP) is 4.40. The van der Waals surface area contributed by atoms with E-state index in [4.69, 9.17) is 9.15 Å². The lowest BCUT2D eigenvalue weighted by atomic mass is 10.3. The van der Waals surface area contributed by atoms with Crippen LogP contribution in [0.25, 0.3) is 22.1 Å². The van der Waals surface area contributed by atoms with E-state index >= 15 is 0 Å². The van der Waals surface area contributed by atoms with Crippen LogP contribution >= 0.6 is 11.8 Å². The molecule has 2 aromatic heterocycles. The highest BCUT2D eigenvalue weighted by Gasteiger charge is 2.09. The zero-order chi connectivity index (χ0) is 15.6. The van der Waals surface area contributed by atoms with Gasteiger partial charge in [0, 0.05) is 6.07 Å². The first-order chi connectivity index (χ1) is 11.3. The molecule has 0 aliphatic carbocycles. The molecule has 0 unspecified atom stereocenters. The zero-order valence-electron chi connectivity index (χ0n) is 12.6. The molecule has 0 spiro atoms. The Kier molecular flexibility index (Phi) is 3.67. The molecule has 23 heavy (non-hydrogen) atoms. The Labute approximate surface area is 137 Å². The fourth-order valence-corrected chi connectivity index (χ4v) is 3.13. The number of ether oxygens (including phenoxy) is 1. The van der Waals surface area contributed by atoms with Crippen molar-refractivity contribution in [1.29, 1.82) is 0 Å². The molecule has 116 valence electrons. The summed E-state index contributed by atoms with van der Waals surface area (Å²) in [5, 5.41) is 0.843. The third-order valence-electron chi connectivity index (χ3n) is 3.41. The second kappa shape index (κ2) is 5.96. The highest BCUT2D eigenvalue weighted by Crippen LogP contribution is 2.26. The van der Waals surface area contributed by atoms with Crippen molar-refractivity contribution in [3.8, 4) is 5.75 Å². The fraction of sp³-hybridized carbons (Fsp3) is 0.176. The van der Waals surface area contributed by atoms with Gasteiger partial charge in [-0.05, 0) is 31.2 Å². The number of oxazole rings is 1.